The smallest absolute Gasteiger partial charge is 0.142 e. The number of hydrogen-bond donors (Lipinski definition) is 0. The van der Waals surface area contributed by atoms with Crippen molar-refractivity contribution >= 4 is 17.0 Å². The third-order valence-corrected chi connectivity index (χ3v) is 5.68. The molecular weight excluding hydrogens is 304 g/mol. The van der Waals surface area contributed by atoms with Crippen LogP contribution in [0.4, 0.5) is 5.69 Å². The molecule has 0 spiro atoms. The van der Waals surface area contributed by atoms with Crippen LogP contribution in [0, 0.1) is 0 Å². The van der Waals surface area contributed by atoms with Gasteiger partial charge in [-0.2, -0.15) is 0 Å². The maximum Gasteiger partial charge on any atom is 0.142 e. The molecule has 0 saturated heterocycles. The number of ether oxygens (including phenoxy) is 1. The Morgan fingerprint density at radius 3 is 2.61 bits per heavy atom. The molecule has 2 aromatic rings. The number of benzene rings is 1. The van der Waals surface area contributed by atoms with E-state index in [2.05, 4.69) is 68.9 Å². The quantitative estimate of drug-likeness (QED) is 0.818. The van der Waals surface area contributed by atoms with E-state index in [1.165, 1.54) is 15.6 Å². The Kier molecular flexibility index (Phi) is 4.13. The lowest BCUT2D eigenvalue weighted by Gasteiger charge is -2.43. The van der Waals surface area contributed by atoms with Crippen molar-refractivity contribution in [3.8, 4) is 5.75 Å². The van der Waals surface area contributed by atoms with Gasteiger partial charge in [-0.1, -0.05) is 32.9 Å². The lowest BCUT2D eigenvalue weighted by Crippen LogP contribution is -2.49. The molecule has 0 unspecified atom stereocenters. The van der Waals surface area contributed by atoms with Gasteiger partial charge in [-0.3, -0.25) is 0 Å². The summed E-state index contributed by atoms with van der Waals surface area (Å²) >= 11 is 1.84. The predicted octanol–water partition coefficient (Wildman–Crippen LogP) is 4.66. The molecule has 3 nitrogen and oxygen atoms in total. The minimum atomic E-state index is 0.0293. The second-order valence-electron chi connectivity index (χ2n) is 7.84. The highest BCUT2D eigenvalue weighted by atomic mass is 32.1. The number of rotatable bonds is 3. The van der Waals surface area contributed by atoms with Crippen molar-refractivity contribution in [1.82, 2.24) is 4.98 Å². The van der Waals surface area contributed by atoms with E-state index in [0.29, 0.717) is 0 Å². The summed E-state index contributed by atoms with van der Waals surface area (Å²) in [6.07, 6.45) is 3.05. The number of para-hydroxylation sites is 2. The van der Waals surface area contributed by atoms with Crippen LogP contribution < -0.4 is 9.64 Å². The van der Waals surface area contributed by atoms with Gasteiger partial charge in [0.1, 0.15) is 12.4 Å². The van der Waals surface area contributed by atoms with Crippen LogP contribution in [0.25, 0.3) is 0 Å². The lowest BCUT2D eigenvalue weighted by molar-refractivity contribution is 0.284. The fourth-order valence-electron chi connectivity index (χ4n) is 3.06. The first-order valence-electron chi connectivity index (χ1n) is 8.22. The topological polar surface area (TPSA) is 25.4 Å². The molecule has 0 aliphatic carbocycles. The van der Waals surface area contributed by atoms with Crippen LogP contribution in [-0.4, -0.2) is 23.7 Å². The Labute approximate surface area is 143 Å². The highest BCUT2D eigenvalue weighted by molar-refractivity contribution is 7.11. The highest BCUT2D eigenvalue weighted by Crippen LogP contribution is 2.38. The van der Waals surface area contributed by atoms with Crippen molar-refractivity contribution < 1.29 is 4.74 Å². The summed E-state index contributed by atoms with van der Waals surface area (Å²) in [7, 11) is 0. The van der Waals surface area contributed by atoms with Crippen LogP contribution in [0.15, 0.2) is 30.5 Å². The number of hydrogen-bond acceptors (Lipinski definition) is 4. The normalized spacial score (nSPS) is 15.3. The Morgan fingerprint density at radius 2 is 1.91 bits per heavy atom. The average Bonchev–Trinajstić information content (AvgIpc) is 2.94. The standard InChI is InChI=1S/C19H26N2OS/c1-18(2,3)17-20-13-14(23-17)12-19(4,5)21-10-11-22-16-9-7-6-8-15(16)21/h6-9,13H,10-12H2,1-5H3. The van der Waals surface area contributed by atoms with Gasteiger partial charge in [0, 0.05) is 28.4 Å². The van der Waals surface area contributed by atoms with Gasteiger partial charge in [-0.25, -0.2) is 4.98 Å². The molecule has 23 heavy (non-hydrogen) atoms. The van der Waals surface area contributed by atoms with Gasteiger partial charge < -0.3 is 9.64 Å². The third-order valence-electron chi connectivity index (χ3n) is 4.26. The van der Waals surface area contributed by atoms with Gasteiger partial charge in [-0.05, 0) is 26.0 Å². The van der Waals surface area contributed by atoms with E-state index in [1.807, 2.05) is 17.4 Å². The Bertz CT molecular complexity index is 685. The minimum Gasteiger partial charge on any atom is -0.490 e. The molecule has 0 radical (unpaired) electrons. The van der Waals surface area contributed by atoms with Crippen molar-refractivity contribution in [2.75, 3.05) is 18.1 Å². The molecule has 1 aromatic heterocycles. The molecule has 0 saturated carbocycles. The molecule has 0 N–H and O–H groups in total. The van der Waals surface area contributed by atoms with E-state index >= 15 is 0 Å². The Hall–Kier alpha value is -1.55. The van der Waals surface area contributed by atoms with E-state index in [-0.39, 0.29) is 11.0 Å². The van der Waals surface area contributed by atoms with E-state index in [0.717, 1.165) is 25.3 Å². The first kappa shape index (κ1) is 16.3. The molecule has 1 aliphatic rings. The second kappa shape index (κ2) is 5.82. The summed E-state index contributed by atoms with van der Waals surface area (Å²) in [4.78, 5) is 8.46. The zero-order valence-corrected chi connectivity index (χ0v) is 15.5. The summed E-state index contributed by atoms with van der Waals surface area (Å²) in [5.41, 5.74) is 1.35. The fourth-order valence-corrected chi connectivity index (χ4v) is 4.25. The van der Waals surface area contributed by atoms with Crippen LogP contribution in [-0.2, 0) is 11.8 Å². The summed E-state index contributed by atoms with van der Waals surface area (Å²) < 4.78 is 5.80. The predicted molar refractivity (Wildman–Crippen MR) is 97.9 cm³/mol. The van der Waals surface area contributed by atoms with Crippen LogP contribution in [0.5, 0.6) is 5.75 Å². The number of anilines is 1. The third kappa shape index (κ3) is 3.37. The minimum absolute atomic E-state index is 0.0293. The number of nitrogens with zero attached hydrogens (tertiary/aromatic N) is 2. The average molecular weight is 330 g/mol. The Balaban J connectivity index is 1.84. The fraction of sp³-hybridized carbons (Fsp3) is 0.526. The molecule has 1 aromatic carbocycles. The molecular formula is C19H26N2OS. The summed E-state index contributed by atoms with van der Waals surface area (Å²) in [6.45, 7) is 13.0. The van der Waals surface area contributed by atoms with Gasteiger partial charge >= 0.3 is 0 Å². The number of aromatic nitrogens is 1. The molecule has 4 heteroatoms. The van der Waals surface area contributed by atoms with Crippen LogP contribution in [0.2, 0.25) is 0 Å². The molecule has 0 atom stereocenters. The Morgan fingerprint density at radius 1 is 1.17 bits per heavy atom. The largest absolute Gasteiger partial charge is 0.490 e. The summed E-state index contributed by atoms with van der Waals surface area (Å²) in [5, 5.41) is 1.21. The van der Waals surface area contributed by atoms with E-state index in [9.17, 15) is 0 Å². The maximum absolute atomic E-state index is 5.80. The number of fused-ring (bicyclic) bond motifs is 1. The highest BCUT2D eigenvalue weighted by Gasteiger charge is 2.32. The summed E-state index contributed by atoms with van der Waals surface area (Å²) in [5.74, 6) is 0.992. The zero-order valence-electron chi connectivity index (χ0n) is 14.7. The van der Waals surface area contributed by atoms with Crippen LogP contribution in [0.3, 0.4) is 0 Å². The molecule has 1 aliphatic heterocycles. The molecule has 0 bridgehead atoms. The molecule has 0 amide bonds. The first-order chi connectivity index (χ1) is 10.8. The van der Waals surface area contributed by atoms with Gasteiger partial charge in [0.2, 0.25) is 0 Å². The van der Waals surface area contributed by atoms with Gasteiger partial charge in [0.05, 0.1) is 17.2 Å². The first-order valence-corrected chi connectivity index (χ1v) is 9.04. The van der Waals surface area contributed by atoms with Crippen molar-refractivity contribution in [3.63, 3.8) is 0 Å². The van der Waals surface area contributed by atoms with E-state index in [4.69, 9.17) is 4.74 Å². The van der Waals surface area contributed by atoms with Gasteiger partial charge in [0.25, 0.3) is 0 Å². The zero-order chi connectivity index (χ0) is 16.7. The molecule has 3 rings (SSSR count). The SMILES string of the molecule is CC(C)(C)c1ncc(CC(C)(C)N2CCOc3ccccc32)s1. The van der Waals surface area contributed by atoms with E-state index in [1.54, 1.807) is 0 Å². The lowest BCUT2D eigenvalue weighted by atomic mass is 9.95. The number of thiazole rings is 1. The van der Waals surface area contributed by atoms with Crippen molar-refractivity contribution in [1.29, 1.82) is 0 Å². The van der Waals surface area contributed by atoms with E-state index < -0.39 is 0 Å². The second-order valence-corrected chi connectivity index (χ2v) is 8.95. The van der Waals surface area contributed by atoms with Crippen molar-refractivity contribution in [2.24, 2.45) is 0 Å². The van der Waals surface area contributed by atoms with Crippen molar-refractivity contribution in [2.45, 2.75) is 52.0 Å². The molecule has 0 fully saturated rings. The monoisotopic (exact) mass is 330 g/mol. The maximum atomic E-state index is 5.80. The summed E-state index contributed by atoms with van der Waals surface area (Å²) in [6, 6.07) is 8.33. The molecule has 2 heterocycles. The van der Waals surface area contributed by atoms with Gasteiger partial charge in [0.15, 0.2) is 0 Å². The van der Waals surface area contributed by atoms with Crippen LogP contribution >= 0.6 is 11.3 Å². The van der Waals surface area contributed by atoms with Crippen molar-refractivity contribution in [3.05, 3.63) is 40.3 Å². The molecule has 124 valence electrons. The van der Waals surface area contributed by atoms with Crippen LogP contribution in [0.1, 0.15) is 44.5 Å². The van der Waals surface area contributed by atoms with Gasteiger partial charge in [-0.15, -0.1) is 11.3 Å².